The topological polar surface area (TPSA) is 60.8 Å². The van der Waals surface area contributed by atoms with Gasteiger partial charge in [-0.3, -0.25) is 9.69 Å². The van der Waals surface area contributed by atoms with E-state index >= 15 is 0 Å². The van der Waals surface area contributed by atoms with Crippen LogP contribution in [0.2, 0.25) is 0 Å². The molecule has 0 aliphatic heterocycles. The van der Waals surface area contributed by atoms with Crippen molar-refractivity contribution in [3.63, 3.8) is 0 Å². The predicted octanol–water partition coefficient (Wildman–Crippen LogP) is 2.51. The van der Waals surface area contributed by atoms with Crippen LogP contribution in [0.1, 0.15) is 32.3 Å². The number of aliphatic carboxylic acids is 1. The Morgan fingerprint density at radius 2 is 1.68 bits per heavy atom. The summed E-state index contributed by atoms with van der Waals surface area (Å²) >= 11 is 0. The average molecular weight is 265 g/mol. The van der Waals surface area contributed by atoms with Crippen molar-refractivity contribution >= 4 is 5.97 Å². The van der Waals surface area contributed by atoms with Crippen molar-refractivity contribution in [2.24, 2.45) is 0 Å². The fourth-order valence-corrected chi connectivity index (χ4v) is 2.23. The van der Waals surface area contributed by atoms with E-state index in [9.17, 15) is 15.0 Å². The van der Waals surface area contributed by atoms with E-state index in [1.165, 1.54) is 0 Å². The highest BCUT2D eigenvalue weighted by molar-refractivity contribution is 5.74. The van der Waals surface area contributed by atoms with Crippen molar-refractivity contribution in [1.82, 2.24) is 4.90 Å². The normalized spacial score (nSPS) is 12.6. The van der Waals surface area contributed by atoms with Crippen LogP contribution < -0.4 is 0 Å². The molecular weight excluding hydrogens is 242 g/mol. The summed E-state index contributed by atoms with van der Waals surface area (Å²) in [6, 6.07) is 6.25. The lowest BCUT2D eigenvalue weighted by Crippen LogP contribution is -2.43. The Bertz CT molecular complexity index is 383. The maximum atomic E-state index is 11.5. The molecule has 1 unspecified atom stereocenters. The van der Waals surface area contributed by atoms with Crippen LogP contribution in [0.15, 0.2) is 24.3 Å². The van der Waals surface area contributed by atoms with E-state index in [2.05, 4.69) is 13.8 Å². The van der Waals surface area contributed by atoms with Gasteiger partial charge in [0.25, 0.3) is 0 Å². The molecule has 0 saturated carbocycles. The summed E-state index contributed by atoms with van der Waals surface area (Å²) in [5, 5.41) is 18.7. The third-order valence-electron chi connectivity index (χ3n) is 3.11. The molecule has 0 aliphatic carbocycles. The number of rotatable bonds is 8. The molecule has 0 heterocycles. The molecule has 4 heteroatoms. The van der Waals surface area contributed by atoms with E-state index in [4.69, 9.17) is 0 Å². The van der Waals surface area contributed by atoms with E-state index in [1.54, 1.807) is 24.3 Å². The Morgan fingerprint density at radius 1 is 1.16 bits per heavy atom. The van der Waals surface area contributed by atoms with Crippen molar-refractivity contribution in [3.8, 4) is 5.75 Å². The minimum atomic E-state index is -0.782. The van der Waals surface area contributed by atoms with Crippen LogP contribution in [-0.2, 0) is 11.2 Å². The minimum absolute atomic E-state index is 0.203. The lowest BCUT2D eigenvalue weighted by molar-refractivity contribution is -0.143. The fourth-order valence-electron chi connectivity index (χ4n) is 2.23. The number of benzene rings is 1. The number of nitrogens with zero attached hydrogens (tertiary/aromatic N) is 1. The van der Waals surface area contributed by atoms with Crippen LogP contribution in [0, 0.1) is 0 Å². The minimum Gasteiger partial charge on any atom is -0.508 e. The Morgan fingerprint density at radius 3 is 2.11 bits per heavy atom. The number of phenolic OH excluding ortho intramolecular Hbond substituents is 1. The highest BCUT2D eigenvalue weighted by Gasteiger charge is 2.24. The van der Waals surface area contributed by atoms with Crippen LogP contribution in [0.25, 0.3) is 0 Å². The zero-order valence-electron chi connectivity index (χ0n) is 11.7. The summed E-state index contributed by atoms with van der Waals surface area (Å²) in [6.45, 7) is 5.70. The van der Waals surface area contributed by atoms with Crippen molar-refractivity contribution in [1.29, 1.82) is 0 Å². The van der Waals surface area contributed by atoms with Crippen LogP contribution in [0.4, 0.5) is 0 Å². The van der Waals surface area contributed by atoms with Gasteiger partial charge in [-0.15, -0.1) is 0 Å². The van der Waals surface area contributed by atoms with Crippen LogP contribution >= 0.6 is 0 Å². The van der Waals surface area contributed by atoms with Crippen LogP contribution in [-0.4, -0.2) is 40.2 Å². The van der Waals surface area contributed by atoms with E-state index in [-0.39, 0.29) is 5.75 Å². The molecule has 0 aliphatic rings. The summed E-state index contributed by atoms with van der Waals surface area (Å²) < 4.78 is 0. The second kappa shape index (κ2) is 7.79. The Balaban J connectivity index is 2.80. The van der Waals surface area contributed by atoms with Gasteiger partial charge < -0.3 is 10.2 Å². The summed E-state index contributed by atoms with van der Waals surface area (Å²) in [7, 11) is 0. The lowest BCUT2D eigenvalue weighted by atomic mass is 10.0. The van der Waals surface area contributed by atoms with Gasteiger partial charge >= 0.3 is 5.97 Å². The Kier molecular flexibility index (Phi) is 6.36. The van der Waals surface area contributed by atoms with Gasteiger partial charge in [-0.1, -0.05) is 26.0 Å². The standard InChI is InChI=1S/C15H23NO3/c1-3-9-16(10-4-2)14(15(18)19)11-12-5-7-13(17)8-6-12/h5-8,14,17H,3-4,9-11H2,1-2H3,(H,18,19). The van der Waals surface area contributed by atoms with Crippen molar-refractivity contribution in [3.05, 3.63) is 29.8 Å². The summed E-state index contributed by atoms with van der Waals surface area (Å²) in [6.07, 6.45) is 2.36. The number of carboxylic acids is 1. The fraction of sp³-hybridized carbons (Fsp3) is 0.533. The van der Waals surface area contributed by atoms with Gasteiger partial charge in [0, 0.05) is 0 Å². The van der Waals surface area contributed by atoms with Crippen molar-refractivity contribution < 1.29 is 15.0 Å². The molecule has 1 atom stereocenters. The maximum Gasteiger partial charge on any atom is 0.321 e. The highest BCUT2D eigenvalue weighted by Crippen LogP contribution is 2.14. The maximum absolute atomic E-state index is 11.5. The van der Waals surface area contributed by atoms with Gasteiger partial charge in [-0.05, 0) is 50.0 Å². The number of phenols is 1. The molecule has 1 rings (SSSR count). The molecule has 1 aromatic rings. The zero-order valence-corrected chi connectivity index (χ0v) is 11.7. The predicted molar refractivity (Wildman–Crippen MR) is 75.4 cm³/mol. The van der Waals surface area contributed by atoms with Crippen molar-refractivity contribution in [2.75, 3.05) is 13.1 Å². The van der Waals surface area contributed by atoms with E-state index in [1.807, 2.05) is 4.90 Å². The number of hydrogen-bond acceptors (Lipinski definition) is 3. The Hall–Kier alpha value is -1.55. The number of carboxylic acid groups (broad SMARTS) is 1. The lowest BCUT2D eigenvalue weighted by Gasteiger charge is -2.28. The molecule has 0 radical (unpaired) electrons. The van der Waals surface area contributed by atoms with Crippen LogP contribution in [0.5, 0.6) is 5.75 Å². The molecule has 106 valence electrons. The number of aromatic hydroxyl groups is 1. The average Bonchev–Trinajstić information content (AvgIpc) is 2.37. The summed E-state index contributed by atoms with van der Waals surface area (Å²) in [5.41, 5.74) is 0.933. The molecular formula is C15H23NO3. The van der Waals surface area contributed by atoms with Gasteiger partial charge in [0.05, 0.1) is 0 Å². The van der Waals surface area contributed by atoms with E-state index in [0.29, 0.717) is 6.42 Å². The van der Waals surface area contributed by atoms with Gasteiger partial charge in [0.2, 0.25) is 0 Å². The third-order valence-corrected chi connectivity index (χ3v) is 3.11. The van der Waals surface area contributed by atoms with Gasteiger partial charge in [0.1, 0.15) is 11.8 Å². The van der Waals surface area contributed by atoms with E-state index < -0.39 is 12.0 Å². The first kappa shape index (κ1) is 15.5. The molecule has 1 aromatic carbocycles. The van der Waals surface area contributed by atoms with Gasteiger partial charge in [0.15, 0.2) is 0 Å². The summed E-state index contributed by atoms with van der Waals surface area (Å²) in [5.74, 6) is -0.579. The highest BCUT2D eigenvalue weighted by atomic mass is 16.4. The monoisotopic (exact) mass is 265 g/mol. The molecule has 0 aromatic heterocycles. The molecule has 2 N–H and O–H groups in total. The molecule has 0 saturated heterocycles. The largest absolute Gasteiger partial charge is 0.508 e. The SMILES string of the molecule is CCCN(CCC)C(Cc1ccc(O)cc1)C(=O)O. The summed E-state index contributed by atoms with van der Waals surface area (Å²) in [4.78, 5) is 13.5. The molecule has 4 nitrogen and oxygen atoms in total. The Labute approximate surface area is 114 Å². The quantitative estimate of drug-likeness (QED) is 0.758. The first-order valence-corrected chi connectivity index (χ1v) is 6.83. The van der Waals surface area contributed by atoms with Crippen LogP contribution in [0.3, 0.4) is 0 Å². The number of carbonyl (C=O) groups is 1. The van der Waals surface area contributed by atoms with Crippen molar-refractivity contribution in [2.45, 2.75) is 39.2 Å². The first-order chi connectivity index (χ1) is 9.08. The smallest absolute Gasteiger partial charge is 0.321 e. The zero-order chi connectivity index (χ0) is 14.3. The second-order valence-corrected chi connectivity index (χ2v) is 4.76. The molecule has 0 bridgehead atoms. The molecule has 0 fully saturated rings. The molecule has 19 heavy (non-hydrogen) atoms. The van der Waals surface area contributed by atoms with E-state index in [0.717, 1.165) is 31.5 Å². The first-order valence-electron chi connectivity index (χ1n) is 6.83. The molecule has 0 amide bonds. The molecule has 0 spiro atoms. The second-order valence-electron chi connectivity index (χ2n) is 4.76. The van der Waals surface area contributed by atoms with Gasteiger partial charge in [-0.25, -0.2) is 0 Å². The third kappa shape index (κ3) is 4.91. The van der Waals surface area contributed by atoms with Gasteiger partial charge in [-0.2, -0.15) is 0 Å². The number of hydrogen-bond donors (Lipinski definition) is 2.